The van der Waals surface area contributed by atoms with E-state index < -0.39 is 9.05 Å². The Bertz CT molecular complexity index is 598. The summed E-state index contributed by atoms with van der Waals surface area (Å²) in [6.07, 6.45) is 0. The second-order valence-corrected chi connectivity index (χ2v) is 6.15. The van der Waals surface area contributed by atoms with Crippen molar-refractivity contribution in [3.05, 3.63) is 35.6 Å². The summed E-state index contributed by atoms with van der Waals surface area (Å²) in [6, 6.07) is 7.10. The fourth-order valence-electron chi connectivity index (χ4n) is 1.56. The van der Waals surface area contributed by atoms with Crippen LogP contribution in [0.4, 0.5) is 0 Å². The van der Waals surface area contributed by atoms with E-state index in [1.54, 1.807) is 18.2 Å². The van der Waals surface area contributed by atoms with Crippen LogP contribution in [-0.4, -0.2) is 8.42 Å². The Labute approximate surface area is 92.1 Å². The van der Waals surface area contributed by atoms with Crippen LogP contribution in [0.3, 0.4) is 0 Å². The molecule has 0 amide bonds. The molecule has 0 atom stereocenters. The highest BCUT2D eigenvalue weighted by Gasteiger charge is 2.12. The minimum atomic E-state index is -3.53. The van der Waals surface area contributed by atoms with Gasteiger partial charge in [-0.15, -0.1) is 0 Å². The molecule has 0 radical (unpaired) electrons. The van der Waals surface area contributed by atoms with E-state index in [1.807, 2.05) is 13.0 Å². The number of fused-ring (bicyclic) bond motifs is 1. The highest BCUT2D eigenvalue weighted by molar-refractivity contribution is 8.13. The number of benzene rings is 1. The molecule has 0 N–H and O–H groups in total. The molecule has 0 bridgehead atoms. The number of aryl methyl sites for hydroxylation is 1. The van der Waals surface area contributed by atoms with Crippen LogP contribution >= 0.6 is 10.7 Å². The molecule has 0 saturated heterocycles. The van der Waals surface area contributed by atoms with Crippen LogP contribution in [-0.2, 0) is 14.8 Å². The van der Waals surface area contributed by atoms with Crippen LogP contribution in [0.1, 0.15) is 11.3 Å². The largest absolute Gasteiger partial charge is 0.461 e. The monoisotopic (exact) mass is 244 g/mol. The van der Waals surface area contributed by atoms with Crippen molar-refractivity contribution in [1.29, 1.82) is 0 Å². The van der Waals surface area contributed by atoms with Gasteiger partial charge in [-0.05, 0) is 24.6 Å². The van der Waals surface area contributed by atoms with Crippen molar-refractivity contribution >= 4 is 30.7 Å². The molecule has 2 aromatic rings. The van der Waals surface area contributed by atoms with Gasteiger partial charge in [-0.3, -0.25) is 0 Å². The summed E-state index contributed by atoms with van der Waals surface area (Å²) in [5.41, 5.74) is 1.35. The lowest BCUT2D eigenvalue weighted by molar-refractivity contribution is 0.578. The molecule has 1 aromatic carbocycles. The van der Waals surface area contributed by atoms with E-state index in [2.05, 4.69) is 0 Å². The van der Waals surface area contributed by atoms with Gasteiger partial charge >= 0.3 is 0 Å². The van der Waals surface area contributed by atoms with Crippen molar-refractivity contribution in [1.82, 2.24) is 0 Å². The number of furan rings is 1. The first-order valence-corrected chi connectivity index (χ1v) is 6.84. The molecule has 5 heteroatoms. The zero-order valence-corrected chi connectivity index (χ0v) is 9.60. The van der Waals surface area contributed by atoms with E-state index in [1.165, 1.54) is 0 Å². The van der Waals surface area contributed by atoms with Gasteiger partial charge in [-0.2, -0.15) is 0 Å². The van der Waals surface area contributed by atoms with Gasteiger partial charge in [-0.1, -0.05) is 12.1 Å². The second-order valence-electron chi connectivity index (χ2n) is 3.37. The third kappa shape index (κ3) is 2.33. The molecule has 1 heterocycles. The predicted octanol–water partition coefficient (Wildman–Crippen LogP) is 2.81. The number of hydrogen-bond donors (Lipinski definition) is 0. The van der Waals surface area contributed by atoms with E-state index in [4.69, 9.17) is 15.1 Å². The van der Waals surface area contributed by atoms with E-state index in [9.17, 15) is 8.42 Å². The Morgan fingerprint density at radius 1 is 1.40 bits per heavy atom. The van der Waals surface area contributed by atoms with Gasteiger partial charge in [0.2, 0.25) is 9.05 Å². The van der Waals surface area contributed by atoms with Gasteiger partial charge in [0.15, 0.2) is 0 Å². The smallest absolute Gasteiger partial charge is 0.236 e. The second kappa shape index (κ2) is 3.54. The van der Waals surface area contributed by atoms with Gasteiger partial charge < -0.3 is 4.42 Å². The van der Waals surface area contributed by atoms with E-state index >= 15 is 0 Å². The van der Waals surface area contributed by atoms with Crippen molar-refractivity contribution in [2.24, 2.45) is 0 Å². The third-order valence-corrected chi connectivity index (χ3v) is 3.09. The van der Waals surface area contributed by atoms with Crippen molar-refractivity contribution in [2.45, 2.75) is 12.7 Å². The lowest BCUT2D eigenvalue weighted by Crippen LogP contribution is -1.94. The maximum absolute atomic E-state index is 11.0. The quantitative estimate of drug-likeness (QED) is 0.764. The minimum Gasteiger partial charge on any atom is -0.461 e. The molecule has 3 nitrogen and oxygen atoms in total. The predicted molar refractivity (Wildman–Crippen MR) is 59.4 cm³/mol. The van der Waals surface area contributed by atoms with Crippen LogP contribution in [0.5, 0.6) is 0 Å². The average molecular weight is 245 g/mol. The summed E-state index contributed by atoms with van der Waals surface area (Å²) in [5, 5.41) is 0.805. The van der Waals surface area contributed by atoms with Crippen LogP contribution in [0.15, 0.2) is 28.7 Å². The lowest BCUT2D eigenvalue weighted by atomic mass is 10.1. The van der Waals surface area contributed by atoms with Crippen LogP contribution in [0.25, 0.3) is 11.0 Å². The molecular formula is C10H9ClO3S. The Hall–Kier alpha value is -1.00. The van der Waals surface area contributed by atoms with Crippen molar-refractivity contribution in [3.63, 3.8) is 0 Å². The Balaban J connectivity index is 2.60. The van der Waals surface area contributed by atoms with Crippen LogP contribution in [0.2, 0.25) is 0 Å². The first-order valence-electron chi connectivity index (χ1n) is 4.36. The zero-order valence-electron chi connectivity index (χ0n) is 8.03. The van der Waals surface area contributed by atoms with Gasteiger partial charge in [0, 0.05) is 16.1 Å². The van der Waals surface area contributed by atoms with Crippen molar-refractivity contribution < 1.29 is 12.8 Å². The first kappa shape index (κ1) is 10.5. The summed E-state index contributed by atoms with van der Waals surface area (Å²) in [4.78, 5) is 0. The molecule has 0 unspecified atom stereocenters. The number of hydrogen-bond acceptors (Lipinski definition) is 3. The summed E-state index contributed by atoms with van der Waals surface area (Å²) in [7, 11) is 1.69. The highest BCUT2D eigenvalue weighted by atomic mass is 35.7. The minimum absolute atomic E-state index is 0.176. The molecule has 0 aliphatic carbocycles. The molecule has 1 aromatic heterocycles. The fourth-order valence-corrected chi connectivity index (χ4v) is 2.54. The van der Waals surface area contributed by atoms with Crippen molar-refractivity contribution in [2.75, 3.05) is 0 Å². The Morgan fingerprint density at radius 2 is 2.13 bits per heavy atom. The maximum Gasteiger partial charge on any atom is 0.236 e. The Kier molecular flexibility index (Phi) is 2.48. The van der Waals surface area contributed by atoms with Crippen molar-refractivity contribution in [3.8, 4) is 0 Å². The fraction of sp³-hybridized carbons (Fsp3) is 0.200. The average Bonchev–Trinajstić information content (AvgIpc) is 2.43. The normalized spacial score (nSPS) is 12.1. The number of rotatable bonds is 2. The topological polar surface area (TPSA) is 47.3 Å². The SMILES string of the molecule is Cc1cc2c(CS(=O)(=O)Cl)cccc2o1. The molecule has 0 aliphatic heterocycles. The summed E-state index contributed by atoms with van der Waals surface area (Å²) in [6.45, 7) is 1.82. The van der Waals surface area contributed by atoms with Crippen LogP contribution < -0.4 is 0 Å². The van der Waals surface area contributed by atoms with Gasteiger partial charge in [-0.25, -0.2) is 8.42 Å². The molecule has 2 rings (SSSR count). The maximum atomic E-state index is 11.0. The summed E-state index contributed by atoms with van der Waals surface area (Å²) in [5.74, 6) is 0.578. The van der Waals surface area contributed by atoms with E-state index in [0.29, 0.717) is 11.1 Å². The van der Waals surface area contributed by atoms with E-state index in [0.717, 1.165) is 11.1 Å². The molecule has 0 saturated carbocycles. The Morgan fingerprint density at radius 3 is 2.80 bits per heavy atom. The first-order chi connectivity index (χ1) is 6.96. The van der Waals surface area contributed by atoms with Gasteiger partial charge in [0.1, 0.15) is 11.3 Å². The van der Waals surface area contributed by atoms with E-state index in [-0.39, 0.29) is 5.75 Å². The number of halogens is 1. The zero-order chi connectivity index (χ0) is 11.1. The van der Waals surface area contributed by atoms with Crippen LogP contribution in [0, 0.1) is 6.92 Å². The molecule has 0 aliphatic rings. The summed E-state index contributed by atoms with van der Waals surface area (Å²) < 4.78 is 27.4. The summed E-state index contributed by atoms with van der Waals surface area (Å²) >= 11 is 0. The third-order valence-electron chi connectivity index (χ3n) is 2.10. The lowest BCUT2D eigenvalue weighted by Gasteiger charge is -1.98. The molecular weight excluding hydrogens is 236 g/mol. The van der Waals surface area contributed by atoms with Gasteiger partial charge in [0.25, 0.3) is 0 Å². The molecule has 15 heavy (non-hydrogen) atoms. The molecule has 0 fully saturated rings. The van der Waals surface area contributed by atoms with Gasteiger partial charge in [0.05, 0.1) is 5.75 Å². The highest BCUT2D eigenvalue weighted by Crippen LogP contribution is 2.24. The molecule has 80 valence electrons. The standard InChI is InChI=1S/C10H9ClO3S/c1-7-5-9-8(6-15(11,12)13)3-2-4-10(9)14-7/h2-5H,6H2,1H3. The molecule has 0 spiro atoms.